The molecule has 7 N–H and O–H groups in total. The summed E-state index contributed by atoms with van der Waals surface area (Å²) in [6, 6.07) is 21.4. The first-order valence-corrected chi connectivity index (χ1v) is 26.2. The summed E-state index contributed by atoms with van der Waals surface area (Å²) >= 11 is 12.3. The van der Waals surface area contributed by atoms with Crippen molar-refractivity contribution < 1.29 is 38.9 Å². The highest BCUT2D eigenvalue weighted by atomic mass is 35.5. The van der Waals surface area contributed by atoms with Crippen LogP contribution in [0, 0.1) is 5.92 Å². The van der Waals surface area contributed by atoms with Crippen LogP contribution in [0.5, 0.6) is 11.5 Å². The van der Waals surface area contributed by atoms with Crippen LogP contribution in [0.1, 0.15) is 90.6 Å². The number of H-pyrrole nitrogens is 1. The Morgan fingerprint density at radius 2 is 1.59 bits per heavy atom. The molecule has 16 nitrogen and oxygen atoms in total. The third kappa shape index (κ3) is 9.30. The highest BCUT2D eigenvalue weighted by Crippen LogP contribution is 2.69. The minimum absolute atomic E-state index is 0.0814. The number of nitrogens with zero attached hydrogens (tertiary/aromatic N) is 3. The van der Waals surface area contributed by atoms with Gasteiger partial charge in [-0.2, -0.15) is 0 Å². The summed E-state index contributed by atoms with van der Waals surface area (Å²) in [7, 11) is 1.78. The molecule has 0 radical (unpaired) electrons. The van der Waals surface area contributed by atoms with Crippen molar-refractivity contribution in [2.45, 2.75) is 93.4 Å². The van der Waals surface area contributed by atoms with E-state index in [-0.39, 0.29) is 56.1 Å². The fraction of sp³-hybridized carbons (Fsp3) is 0.436. The maximum atomic E-state index is 13.6. The molecule has 1 spiro atoms. The van der Waals surface area contributed by atoms with E-state index in [1.807, 2.05) is 36.4 Å². The van der Waals surface area contributed by atoms with E-state index in [2.05, 4.69) is 36.1 Å². The highest BCUT2D eigenvalue weighted by molar-refractivity contribution is 6.42. The molecule has 5 atom stereocenters. The Labute approximate surface area is 433 Å². The number of benzene rings is 4. The van der Waals surface area contributed by atoms with Crippen LogP contribution in [0.15, 0.2) is 72.8 Å². The number of aromatic amines is 1. The van der Waals surface area contributed by atoms with Gasteiger partial charge in [0.05, 0.1) is 52.3 Å². The maximum absolute atomic E-state index is 13.6. The van der Waals surface area contributed by atoms with Gasteiger partial charge in [-0.3, -0.25) is 28.9 Å². The predicted molar refractivity (Wildman–Crippen MR) is 277 cm³/mol. The number of phenolic OH excluding ortho intramolecular Hbond substituents is 1. The van der Waals surface area contributed by atoms with E-state index in [1.54, 1.807) is 48.3 Å². The zero-order valence-electron chi connectivity index (χ0n) is 40.7. The smallest absolute Gasteiger partial charge is 0.243 e. The molecule has 1 aromatic heterocycles. The van der Waals surface area contributed by atoms with Gasteiger partial charge in [0.25, 0.3) is 0 Å². The van der Waals surface area contributed by atoms with Gasteiger partial charge >= 0.3 is 0 Å². The number of nitrogens with one attached hydrogen (secondary N) is 5. The Hall–Kier alpha value is -6.17. The molecule has 1 saturated carbocycles. The number of halogens is 2. The van der Waals surface area contributed by atoms with Crippen molar-refractivity contribution in [2.75, 3.05) is 63.5 Å². The van der Waals surface area contributed by atoms with E-state index in [0.29, 0.717) is 58.9 Å². The molecule has 382 valence electrons. The number of carbonyl (C=O) groups excluding carboxylic acids is 5. The zero-order chi connectivity index (χ0) is 50.8. The first-order chi connectivity index (χ1) is 35.2. The van der Waals surface area contributed by atoms with Crippen LogP contribution in [0.2, 0.25) is 10.0 Å². The molecule has 4 aromatic carbocycles. The number of aromatic hydroxyl groups is 1. The number of anilines is 2. The van der Waals surface area contributed by atoms with Crippen molar-refractivity contribution in [3.63, 3.8) is 0 Å². The SMILES string of the molecule is CN(C(=O)Cc1ccc(Cl)c(Cl)c1)[C@H](CN1CCCC1)c1cccc(NC(=O)CNC(=O)CCC(=O)NCC(=O)Nc2ccc3c4c([nH]c3c2)[C@@H]2Oc3c(O)ccc5c3[C@@]23CCN(CC2CC2)[C@H](C5)[C@]3(O)C4)c1. The number of carbonyl (C=O) groups is 5. The minimum Gasteiger partial charge on any atom is -0.504 e. The summed E-state index contributed by atoms with van der Waals surface area (Å²) in [6.07, 6.45) is 5.66. The number of aromatic nitrogens is 1. The number of aliphatic hydroxyl groups is 1. The summed E-state index contributed by atoms with van der Waals surface area (Å²) in [6.45, 7) is 3.66. The largest absolute Gasteiger partial charge is 0.504 e. The lowest BCUT2D eigenvalue weighted by Crippen LogP contribution is -2.74. The molecule has 3 fully saturated rings. The average molecular weight is 1030 g/mol. The molecule has 73 heavy (non-hydrogen) atoms. The van der Waals surface area contributed by atoms with E-state index in [4.69, 9.17) is 27.9 Å². The molecule has 6 aliphatic rings. The van der Waals surface area contributed by atoms with E-state index in [0.717, 1.165) is 83.4 Å². The van der Waals surface area contributed by atoms with Gasteiger partial charge in [-0.05, 0) is 129 Å². The topological polar surface area (TPSA) is 209 Å². The van der Waals surface area contributed by atoms with Crippen LogP contribution in [0.3, 0.4) is 0 Å². The second-order valence-corrected chi connectivity index (χ2v) is 21.7. The molecule has 11 rings (SSSR count). The number of phenols is 1. The van der Waals surface area contributed by atoms with Crippen molar-refractivity contribution in [2.24, 2.45) is 5.92 Å². The van der Waals surface area contributed by atoms with Gasteiger partial charge in [-0.15, -0.1) is 0 Å². The normalized spacial score (nSPS) is 23.0. The lowest BCUT2D eigenvalue weighted by atomic mass is 9.49. The molecule has 5 amide bonds. The molecule has 2 bridgehead atoms. The Morgan fingerprint density at radius 3 is 2.30 bits per heavy atom. The predicted octanol–water partition coefficient (Wildman–Crippen LogP) is 6.31. The van der Waals surface area contributed by atoms with Gasteiger partial charge in [0.1, 0.15) is 0 Å². The van der Waals surface area contributed by atoms with E-state index < -0.39 is 40.7 Å². The molecular formula is C55H60Cl2N8O8. The van der Waals surface area contributed by atoms with Crippen LogP contribution in [0.4, 0.5) is 11.4 Å². The monoisotopic (exact) mass is 1030 g/mol. The molecule has 3 aliphatic heterocycles. The summed E-state index contributed by atoms with van der Waals surface area (Å²) in [4.78, 5) is 75.3. The summed E-state index contributed by atoms with van der Waals surface area (Å²) in [5.41, 5.74) is 5.45. The quantitative estimate of drug-likeness (QED) is 0.0553. The van der Waals surface area contributed by atoms with Crippen LogP contribution >= 0.6 is 23.2 Å². The summed E-state index contributed by atoms with van der Waals surface area (Å²) in [5, 5.41) is 36.7. The van der Waals surface area contributed by atoms with Crippen molar-refractivity contribution in [1.29, 1.82) is 0 Å². The zero-order valence-corrected chi connectivity index (χ0v) is 42.2. The minimum atomic E-state index is -1.12. The summed E-state index contributed by atoms with van der Waals surface area (Å²) in [5.74, 6) is -0.813. The van der Waals surface area contributed by atoms with Gasteiger partial charge in [0, 0.05) is 73.3 Å². The first-order valence-electron chi connectivity index (χ1n) is 25.5. The fourth-order valence-corrected chi connectivity index (χ4v) is 12.8. The Bertz CT molecular complexity index is 3050. The van der Waals surface area contributed by atoms with Gasteiger partial charge in [-0.1, -0.05) is 53.5 Å². The molecule has 3 aliphatic carbocycles. The third-order valence-corrected chi connectivity index (χ3v) is 17.0. The highest BCUT2D eigenvalue weighted by Gasteiger charge is 2.73. The number of amides is 5. The van der Waals surface area contributed by atoms with Crippen LogP contribution in [0.25, 0.3) is 10.9 Å². The number of fused-ring (bicyclic) bond motifs is 4. The van der Waals surface area contributed by atoms with Gasteiger partial charge in [0.15, 0.2) is 17.6 Å². The van der Waals surface area contributed by atoms with Crippen molar-refractivity contribution >= 4 is 75.0 Å². The number of hydrogen-bond acceptors (Lipinski definition) is 10. The second kappa shape index (κ2) is 19.6. The van der Waals surface area contributed by atoms with Crippen LogP contribution in [-0.4, -0.2) is 124 Å². The number of likely N-dealkylation sites (tertiary alicyclic amines) is 2. The van der Waals surface area contributed by atoms with Gasteiger partial charge < -0.3 is 51.0 Å². The Kier molecular flexibility index (Phi) is 13.2. The van der Waals surface area contributed by atoms with Crippen LogP contribution < -0.4 is 26.0 Å². The average Bonchev–Trinajstić information content (AvgIpc) is 3.72. The summed E-state index contributed by atoms with van der Waals surface area (Å²) < 4.78 is 6.72. The standard InChI is InChI=1S/C55H60Cl2N8O8/c1-63(49(71)22-32-9-13-39(56)40(57)21-32)42(30-64-18-2-3-19-64)33-5-4-6-35(23-33)60-47(69)27-58-45(67)15-16-46(68)59-28-48(70)61-36-11-12-37-38-26-55(72)44-24-34-10-14-43(66)52-50(34)54(55,17-20-65(44)29-31-7-8-31)53(73-52)51(38)62-41(37)25-36/h4-6,9-14,21,23,25,31,42,44,53,62,66,72H,2-3,7-8,15-20,22,24,26-30H2,1H3,(H,58,67)(H,59,68)(H,60,69)(H,61,70)/t42-,44-,53+,54+,55-/m1/s1. The molecule has 18 heteroatoms. The number of piperidine rings is 1. The van der Waals surface area contributed by atoms with E-state index in [9.17, 15) is 34.2 Å². The maximum Gasteiger partial charge on any atom is 0.243 e. The van der Waals surface area contributed by atoms with Crippen molar-refractivity contribution in [3.05, 3.63) is 116 Å². The van der Waals surface area contributed by atoms with Gasteiger partial charge in [0.2, 0.25) is 29.5 Å². The Morgan fingerprint density at radius 1 is 0.863 bits per heavy atom. The lowest BCUT2D eigenvalue weighted by molar-refractivity contribution is -0.173. The Balaban J connectivity index is 0.663. The lowest BCUT2D eigenvalue weighted by Gasteiger charge is -2.62. The van der Waals surface area contributed by atoms with Crippen molar-refractivity contribution in [3.8, 4) is 11.5 Å². The number of ether oxygens (including phenoxy) is 1. The second-order valence-electron chi connectivity index (χ2n) is 20.9. The molecule has 2 saturated heterocycles. The fourth-order valence-electron chi connectivity index (χ4n) is 12.5. The number of hydrogen-bond donors (Lipinski definition) is 7. The molecular weight excluding hydrogens is 972 g/mol. The molecule has 4 heterocycles. The molecule has 0 unspecified atom stereocenters. The third-order valence-electron chi connectivity index (χ3n) is 16.3. The first kappa shape index (κ1) is 49.1. The van der Waals surface area contributed by atoms with E-state index in [1.165, 1.54) is 12.8 Å². The van der Waals surface area contributed by atoms with Gasteiger partial charge in [-0.25, -0.2) is 0 Å². The van der Waals surface area contributed by atoms with E-state index >= 15 is 0 Å². The number of likely N-dealkylation sites (N-methyl/N-ethyl adjacent to an activating group) is 1. The molecule has 5 aromatic rings. The van der Waals surface area contributed by atoms with Crippen molar-refractivity contribution in [1.82, 2.24) is 30.3 Å². The number of rotatable bonds is 17. The van der Waals surface area contributed by atoms with Crippen LogP contribution in [-0.2, 0) is 48.7 Å².